The molecule has 1 fully saturated rings. The molecular weight excluding hydrogens is 358 g/mol. The van der Waals surface area contributed by atoms with Crippen molar-refractivity contribution in [3.05, 3.63) is 34.7 Å². The van der Waals surface area contributed by atoms with E-state index < -0.39 is 0 Å². The maximum atomic E-state index is 12.5. The van der Waals surface area contributed by atoms with Crippen LogP contribution >= 0.6 is 11.3 Å². The summed E-state index contributed by atoms with van der Waals surface area (Å²) in [5, 5.41) is 5.58. The van der Waals surface area contributed by atoms with Crippen LogP contribution in [-0.4, -0.2) is 34.8 Å². The lowest BCUT2D eigenvalue weighted by atomic mass is 9.90. The molecule has 1 saturated heterocycles. The molecule has 2 aromatic rings. The summed E-state index contributed by atoms with van der Waals surface area (Å²) in [4.78, 5) is 30.7. The van der Waals surface area contributed by atoms with Crippen molar-refractivity contribution in [1.82, 2.24) is 9.88 Å². The summed E-state index contributed by atoms with van der Waals surface area (Å²) in [6.45, 7) is 3.04. The number of nitrogens with one attached hydrogen (secondary N) is 1. The fourth-order valence-corrected chi connectivity index (χ4v) is 4.71. The van der Waals surface area contributed by atoms with Crippen LogP contribution in [0.15, 0.2) is 23.6 Å². The molecule has 2 heterocycles. The van der Waals surface area contributed by atoms with Crippen LogP contribution in [0.25, 0.3) is 11.3 Å². The Kier molecular flexibility index (Phi) is 5.25. The smallest absolute Gasteiger partial charge is 0.231 e. The fourth-order valence-electron chi connectivity index (χ4n) is 3.99. The first kappa shape index (κ1) is 18.2. The topological polar surface area (TPSA) is 62.3 Å². The van der Waals surface area contributed by atoms with Gasteiger partial charge in [-0.25, -0.2) is 4.98 Å². The number of fused-ring (bicyclic) bond motifs is 1. The first-order chi connectivity index (χ1) is 13.1. The fraction of sp³-hybridized carbons (Fsp3) is 0.476. The van der Waals surface area contributed by atoms with Crippen molar-refractivity contribution in [2.24, 2.45) is 5.92 Å². The van der Waals surface area contributed by atoms with Gasteiger partial charge in [0.1, 0.15) is 0 Å². The van der Waals surface area contributed by atoms with Crippen molar-refractivity contribution < 1.29 is 9.59 Å². The molecule has 1 aliphatic carbocycles. The summed E-state index contributed by atoms with van der Waals surface area (Å²) < 4.78 is 0. The molecule has 1 N–H and O–H groups in total. The van der Waals surface area contributed by atoms with Gasteiger partial charge in [-0.05, 0) is 49.3 Å². The van der Waals surface area contributed by atoms with Crippen molar-refractivity contribution in [1.29, 1.82) is 0 Å². The first-order valence-electron chi connectivity index (χ1n) is 9.80. The number of hydrogen-bond acceptors (Lipinski definition) is 4. The third kappa shape index (κ3) is 3.90. The largest absolute Gasteiger partial charge is 0.342 e. The highest BCUT2D eigenvalue weighted by Gasteiger charge is 2.30. The van der Waals surface area contributed by atoms with Gasteiger partial charge in [0, 0.05) is 30.5 Å². The Hall–Kier alpha value is -2.21. The number of aromatic nitrogens is 1. The quantitative estimate of drug-likeness (QED) is 0.871. The van der Waals surface area contributed by atoms with Crippen LogP contribution in [0.3, 0.4) is 0 Å². The summed E-state index contributed by atoms with van der Waals surface area (Å²) in [6, 6.07) is 6.61. The number of benzene rings is 1. The van der Waals surface area contributed by atoms with Gasteiger partial charge in [-0.15, -0.1) is 11.3 Å². The van der Waals surface area contributed by atoms with Crippen molar-refractivity contribution in [3.63, 3.8) is 0 Å². The number of aryl methyl sites for hydroxylation is 2. The van der Waals surface area contributed by atoms with Gasteiger partial charge in [0.2, 0.25) is 11.8 Å². The number of thiazole rings is 1. The summed E-state index contributed by atoms with van der Waals surface area (Å²) in [5.74, 6) is -0.0569. The van der Waals surface area contributed by atoms with Crippen LogP contribution in [0.4, 0.5) is 5.13 Å². The zero-order chi connectivity index (χ0) is 18.8. The van der Waals surface area contributed by atoms with E-state index in [1.807, 2.05) is 12.3 Å². The Morgan fingerprint density at radius 3 is 2.89 bits per heavy atom. The van der Waals surface area contributed by atoms with Crippen LogP contribution in [0.5, 0.6) is 0 Å². The Morgan fingerprint density at radius 1 is 1.26 bits per heavy atom. The molecule has 0 bridgehead atoms. The minimum Gasteiger partial charge on any atom is -0.342 e. The lowest BCUT2D eigenvalue weighted by Crippen LogP contribution is -2.30. The second kappa shape index (κ2) is 7.80. The number of rotatable bonds is 4. The van der Waals surface area contributed by atoms with E-state index in [1.54, 1.807) is 4.90 Å². The van der Waals surface area contributed by atoms with Gasteiger partial charge in [0.15, 0.2) is 5.13 Å². The summed E-state index contributed by atoms with van der Waals surface area (Å²) in [7, 11) is 0. The molecular formula is C21H25N3O2S. The molecule has 0 spiro atoms. The maximum absolute atomic E-state index is 12.5. The molecule has 0 radical (unpaired) electrons. The van der Waals surface area contributed by atoms with E-state index >= 15 is 0 Å². The Labute approximate surface area is 163 Å². The molecule has 1 aliphatic heterocycles. The predicted molar refractivity (Wildman–Crippen MR) is 108 cm³/mol. The molecule has 0 saturated carbocycles. The number of anilines is 1. The number of likely N-dealkylation sites (tertiary alicyclic amines) is 1. The van der Waals surface area contributed by atoms with Gasteiger partial charge >= 0.3 is 0 Å². The van der Waals surface area contributed by atoms with Gasteiger partial charge < -0.3 is 10.2 Å². The van der Waals surface area contributed by atoms with Gasteiger partial charge in [0.05, 0.1) is 11.6 Å². The van der Waals surface area contributed by atoms with Gasteiger partial charge in [0.25, 0.3) is 0 Å². The van der Waals surface area contributed by atoms with Crippen LogP contribution in [0.2, 0.25) is 0 Å². The molecule has 2 aliphatic rings. The van der Waals surface area contributed by atoms with Gasteiger partial charge in [-0.1, -0.05) is 19.1 Å². The zero-order valence-corrected chi connectivity index (χ0v) is 16.5. The van der Waals surface area contributed by atoms with E-state index in [-0.39, 0.29) is 17.7 Å². The highest BCUT2D eigenvalue weighted by molar-refractivity contribution is 7.14. The first-order valence-corrected chi connectivity index (χ1v) is 10.7. The third-order valence-corrected chi connectivity index (χ3v) is 6.35. The molecule has 1 atom stereocenters. The Morgan fingerprint density at radius 2 is 2.07 bits per heavy atom. The average molecular weight is 384 g/mol. The monoisotopic (exact) mass is 383 g/mol. The normalized spacial score (nSPS) is 19.0. The second-order valence-electron chi connectivity index (χ2n) is 7.40. The van der Waals surface area contributed by atoms with E-state index in [9.17, 15) is 9.59 Å². The average Bonchev–Trinajstić information content (AvgIpc) is 3.37. The number of amides is 2. The maximum Gasteiger partial charge on any atom is 0.231 e. The highest BCUT2D eigenvalue weighted by Crippen LogP contribution is 2.30. The lowest BCUT2D eigenvalue weighted by Gasteiger charge is -2.16. The van der Waals surface area contributed by atoms with Gasteiger partial charge in [-0.3, -0.25) is 9.59 Å². The number of nitrogens with zero attached hydrogens (tertiary/aromatic N) is 2. The lowest BCUT2D eigenvalue weighted by molar-refractivity contribution is -0.130. The van der Waals surface area contributed by atoms with E-state index in [2.05, 4.69) is 28.5 Å². The van der Waals surface area contributed by atoms with Crippen molar-refractivity contribution in [2.75, 3.05) is 18.4 Å². The molecule has 27 heavy (non-hydrogen) atoms. The highest BCUT2D eigenvalue weighted by atomic mass is 32.1. The van der Waals surface area contributed by atoms with E-state index in [1.165, 1.54) is 41.7 Å². The number of hydrogen-bond donors (Lipinski definition) is 1. The summed E-state index contributed by atoms with van der Waals surface area (Å²) in [5.41, 5.74) is 4.93. The predicted octanol–water partition coefficient (Wildman–Crippen LogP) is 3.89. The molecule has 2 amide bonds. The van der Waals surface area contributed by atoms with Crippen molar-refractivity contribution in [3.8, 4) is 11.3 Å². The van der Waals surface area contributed by atoms with Crippen LogP contribution in [-0.2, 0) is 22.4 Å². The Bertz CT molecular complexity index is 861. The van der Waals surface area contributed by atoms with Crippen molar-refractivity contribution >= 4 is 28.3 Å². The van der Waals surface area contributed by atoms with Crippen LogP contribution < -0.4 is 5.32 Å². The number of carbonyl (C=O) groups is 2. The molecule has 1 aromatic heterocycles. The molecule has 1 aromatic carbocycles. The van der Waals surface area contributed by atoms with Crippen LogP contribution in [0, 0.1) is 5.92 Å². The third-order valence-electron chi connectivity index (χ3n) is 5.59. The summed E-state index contributed by atoms with van der Waals surface area (Å²) >= 11 is 1.46. The SMILES string of the molecule is CCC(=O)N1CCC(C(=O)Nc2nc(-c3ccc4c(c3)CCCC4)cs2)C1. The van der Waals surface area contributed by atoms with E-state index in [4.69, 9.17) is 0 Å². The number of carbonyl (C=O) groups excluding carboxylic acids is 2. The molecule has 142 valence electrons. The second-order valence-corrected chi connectivity index (χ2v) is 8.25. The zero-order valence-electron chi connectivity index (χ0n) is 15.7. The minimum absolute atomic E-state index is 0.0345. The Balaban J connectivity index is 1.41. The standard InChI is InChI=1S/C21H25N3O2S/c1-2-19(25)24-10-9-17(12-24)20(26)23-21-22-18(13-27-21)16-8-7-14-5-3-4-6-15(14)11-16/h7-8,11,13,17H,2-6,9-10,12H2,1H3,(H,22,23,26). The molecule has 4 rings (SSSR count). The van der Waals surface area contributed by atoms with E-state index in [0.29, 0.717) is 24.6 Å². The van der Waals surface area contributed by atoms with Crippen molar-refractivity contribution in [2.45, 2.75) is 45.4 Å². The van der Waals surface area contributed by atoms with E-state index in [0.717, 1.165) is 24.1 Å². The molecule has 6 heteroatoms. The van der Waals surface area contributed by atoms with Crippen LogP contribution in [0.1, 0.15) is 43.7 Å². The molecule has 1 unspecified atom stereocenters. The van der Waals surface area contributed by atoms with Gasteiger partial charge in [-0.2, -0.15) is 0 Å². The molecule has 5 nitrogen and oxygen atoms in total. The minimum atomic E-state index is -0.142. The summed E-state index contributed by atoms with van der Waals surface area (Å²) in [6.07, 6.45) is 6.07.